The van der Waals surface area contributed by atoms with Gasteiger partial charge in [0.05, 0.1) is 6.61 Å². The molecule has 3 nitrogen and oxygen atoms in total. The fraction of sp³-hybridized carbons (Fsp3) is 0.320. The van der Waals surface area contributed by atoms with Crippen molar-refractivity contribution in [3.05, 3.63) is 76.9 Å². The summed E-state index contributed by atoms with van der Waals surface area (Å²) in [6.07, 6.45) is 4.26. The number of nitrogens with one attached hydrogen (secondary N) is 1. The third-order valence-corrected chi connectivity index (χ3v) is 4.70. The van der Waals surface area contributed by atoms with Crippen LogP contribution in [0, 0.1) is 17.8 Å². The minimum absolute atomic E-state index is 0.310. The van der Waals surface area contributed by atoms with Gasteiger partial charge < -0.3 is 10.1 Å². The first-order chi connectivity index (χ1) is 13.6. The van der Waals surface area contributed by atoms with Crippen molar-refractivity contribution in [3.8, 4) is 11.8 Å². The second kappa shape index (κ2) is 9.92. The van der Waals surface area contributed by atoms with E-state index in [2.05, 4.69) is 35.4 Å². The van der Waals surface area contributed by atoms with Crippen molar-refractivity contribution >= 4 is 11.5 Å². The Morgan fingerprint density at radius 1 is 1.14 bits per heavy atom. The second-order valence-corrected chi connectivity index (χ2v) is 7.18. The molecule has 0 heterocycles. The predicted octanol–water partition coefficient (Wildman–Crippen LogP) is 4.55. The second-order valence-electron chi connectivity index (χ2n) is 7.18. The Morgan fingerprint density at radius 2 is 1.89 bits per heavy atom. The van der Waals surface area contributed by atoms with Gasteiger partial charge in [-0.2, -0.15) is 0 Å². The van der Waals surface area contributed by atoms with Crippen LogP contribution < -0.4 is 5.32 Å². The molecule has 0 radical (unpaired) electrons. The van der Waals surface area contributed by atoms with Crippen molar-refractivity contribution in [2.24, 2.45) is 5.92 Å². The van der Waals surface area contributed by atoms with E-state index in [0.29, 0.717) is 6.61 Å². The molecule has 3 heteroatoms. The molecule has 0 atom stereocenters. The Labute approximate surface area is 167 Å². The molecule has 0 unspecified atom stereocenters. The first-order valence-electron chi connectivity index (χ1n) is 9.91. The van der Waals surface area contributed by atoms with Crippen molar-refractivity contribution in [3.63, 3.8) is 0 Å². The Balaban J connectivity index is 1.61. The van der Waals surface area contributed by atoms with E-state index in [-0.39, 0.29) is 5.97 Å². The van der Waals surface area contributed by atoms with E-state index in [0.717, 1.165) is 41.3 Å². The SMILES string of the molecule is CCOC(=O)C=C(C)c1ccc(C#Cc2cccc(CNCC3CC3)c2)cc1. The number of carbonyl (C=O) groups is 1. The molecular formula is C25H27NO2. The highest BCUT2D eigenvalue weighted by Crippen LogP contribution is 2.27. The molecule has 0 saturated heterocycles. The van der Waals surface area contributed by atoms with E-state index in [4.69, 9.17) is 4.74 Å². The van der Waals surface area contributed by atoms with Crippen molar-refractivity contribution in [2.75, 3.05) is 13.2 Å². The Hall–Kier alpha value is -2.83. The number of hydrogen-bond acceptors (Lipinski definition) is 3. The molecule has 144 valence electrons. The van der Waals surface area contributed by atoms with Gasteiger partial charge in [-0.25, -0.2) is 4.79 Å². The third kappa shape index (κ3) is 6.40. The lowest BCUT2D eigenvalue weighted by molar-refractivity contribution is -0.137. The van der Waals surface area contributed by atoms with Crippen LogP contribution in [0.4, 0.5) is 0 Å². The predicted molar refractivity (Wildman–Crippen MR) is 114 cm³/mol. The van der Waals surface area contributed by atoms with E-state index >= 15 is 0 Å². The zero-order valence-corrected chi connectivity index (χ0v) is 16.6. The average Bonchev–Trinajstić information content (AvgIpc) is 3.52. The van der Waals surface area contributed by atoms with E-state index in [1.54, 1.807) is 6.92 Å². The molecular weight excluding hydrogens is 346 g/mol. The first-order valence-corrected chi connectivity index (χ1v) is 9.91. The van der Waals surface area contributed by atoms with Gasteiger partial charge in [-0.1, -0.05) is 36.1 Å². The van der Waals surface area contributed by atoms with E-state index < -0.39 is 0 Å². The normalized spacial score (nSPS) is 13.6. The van der Waals surface area contributed by atoms with Gasteiger partial charge in [0.15, 0.2) is 0 Å². The molecule has 0 bridgehead atoms. The van der Waals surface area contributed by atoms with Gasteiger partial charge in [0.1, 0.15) is 0 Å². The van der Waals surface area contributed by atoms with E-state index in [1.165, 1.54) is 24.5 Å². The summed E-state index contributed by atoms with van der Waals surface area (Å²) in [6.45, 7) is 6.10. The van der Waals surface area contributed by atoms with Crippen molar-refractivity contribution in [1.29, 1.82) is 0 Å². The molecule has 1 aliphatic carbocycles. The fourth-order valence-electron chi connectivity index (χ4n) is 2.91. The highest BCUT2D eigenvalue weighted by atomic mass is 16.5. The van der Waals surface area contributed by atoms with Crippen LogP contribution >= 0.6 is 0 Å². The maximum Gasteiger partial charge on any atom is 0.331 e. The monoisotopic (exact) mass is 373 g/mol. The number of allylic oxidation sites excluding steroid dienone is 1. The summed E-state index contributed by atoms with van der Waals surface area (Å²) >= 11 is 0. The van der Waals surface area contributed by atoms with Gasteiger partial charge >= 0.3 is 5.97 Å². The van der Waals surface area contributed by atoms with Gasteiger partial charge in [0.2, 0.25) is 0 Å². The highest BCUT2D eigenvalue weighted by Gasteiger charge is 2.19. The average molecular weight is 373 g/mol. The molecule has 1 saturated carbocycles. The minimum Gasteiger partial charge on any atom is -0.463 e. The maximum absolute atomic E-state index is 11.6. The summed E-state index contributed by atoms with van der Waals surface area (Å²) < 4.78 is 4.95. The number of carbonyl (C=O) groups excluding carboxylic acids is 1. The summed E-state index contributed by atoms with van der Waals surface area (Å²) in [6, 6.07) is 16.3. The smallest absolute Gasteiger partial charge is 0.331 e. The van der Waals surface area contributed by atoms with Crippen LogP contribution in [0.3, 0.4) is 0 Å². The summed E-state index contributed by atoms with van der Waals surface area (Å²) in [5.41, 5.74) is 5.10. The van der Waals surface area contributed by atoms with Crippen LogP contribution in [0.25, 0.3) is 5.57 Å². The zero-order valence-electron chi connectivity index (χ0n) is 16.6. The summed E-state index contributed by atoms with van der Waals surface area (Å²) in [5, 5.41) is 3.52. The largest absolute Gasteiger partial charge is 0.463 e. The van der Waals surface area contributed by atoms with Crippen molar-refractivity contribution in [2.45, 2.75) is 33.2 Å². The molecule has 1 aliphatic rings. The standard InChI is InChI=1S/C25H27NO2/c1-3-28-25(27)15-19(2)24-13-11-20(12-14-24)7-8-21-5-4-6-23(16-21)18-26-17-22-9-10-22/h4-6,11-16,22,26H,3,9-10,17-18H2,1-2H3. The molecule has 2 aromatic carbocycles. The molecule has 1 N–H and O–H groups in total. The lowest BCUT2D eigenvalue weighted by atomic mass is 10.0. The highest BCUT2D eigenvalue weighted by molar-refractivity contribution is 5.90. The number of hydrogen-bond donors (Lipinski definition) is 1. The van der Waals surface area contributed by atoms with Gasteiger partial charge in [0, 0.05) is 23.7 Å². The Morgan fingerprint density at radius 3 is 2.61 bits per heavy atom. The number of rotatable bonds is 7. The zero-order chi connectivity index (χ0) is 19.8. The third-order valence-electron chi connectivity index (χ3n) is 4.70. The molecule has 0 spiro atoms. The lowest BCUT2D eigenvalue weighted by Gasteiger charge is -2.04. The lowest BCUT2D eigenvalue weighted by Crippen LogP contribution is -2.16. The van der Waals surface area contributed by atoms with Gasteiger partial charge in [-0.15, -0.1) is 0 Å². The Kier molecular flexibility index (Phi) is 7.06. The molecule has 0 aliphatic heterocycles. The van der Waals surface area contributed by atoms with Gasteiger partial charge in [0.25, 0.3) is 0 Å². The van der Waals surface area contributed by atoms with Crippen LogP contribution in [-0.2, 0) is 16.1 Å². The molecule has 0 amide bonds. The number of benzene rings is 2. The summed E-state index contributed by atoms with van der Waals surface area (Å²) in [5.74, 6) is 7.04. The van der Waals surface area contributed by atoms with Crippen molar-refractivity contribution in [1.82, 2.24) is 5.32 Å². The molecule has 3 rings (SSSR count). The van der Waals surface area contributed by atoms with Gasteiger partial charge in [-0.05, 0) is 80.1 Å². The number of esters is 1. The summed E-state index contributed by atoms with van der Waals surface area (Å²) in [7, 11) is 0. The molecule has 1 fully saturated rings. The topological polar surface area (TPSA) is 38.3 Å². The van der Waals surface area contributed by atoms with Crippen LogP contribution in [-0.4, -0.2) is 19.1 Å². The fourth-order valence-corrected chi connectivity index (χ4v) is 2.91. The number of ether oxygens (including phenoxy) is 1. The molecule has 0 aromatic heterocycles. The molecule has 2 aromatic rings. The summed E-state index contributed by atoms with van der Waals surface area (Å²) in [4.78, 5) is 11.6. The van der Waals surface area contributed by atoms with Crippen LogP contribution in [0.5, 0.6) is 0 Å². The van der Waals surface area contributed by atoms with Gasteiger partial charge in [-0.3, -0.25) is 0 Å². The minimum atomic E-state index is -0.310. The maximum atomic E-state index is 11.6. The van der Waals surface area contributed by atoms with Crippen LogP contribution in [0.1, 0.15) is 48.9 Å². The quantitative estimate of drug-likeness (QED) is 0.439. The van der Waals surface area contributed by atoms with Crippen molar-refractivity contribution < 1.29 is 9.53 Å². The Bertz CT molecular complexity index is 896. The van der Waals surface area contributed by atoms with E-state index in [9.17, 15) is 4.79 Å². The van der Waals surface area contributed by atoms with Crippen LogP contribution in [0.15, 0.2) is 54.6 Å². The molecule has 28 heavy (non-hydrogen) atoms. The van der Waals surface area contributed by atoms with E-state index in [1.807, 2.05) is 37.3 Å². The van der Waals surface area contributed by atoms with Crippen LogP contribution in [0.2, 0.25) is 0 Å². The first kappa shape index (κ1) is 19.9.